The van der Waals surface area contributed by atoms with E-state index in [1.165, 1.54) is 44.2 Å². The first-order valence-electron chi connectivity index (χ1n) is 11.7. The zero-order chi connectivity index (χ0) is 21.3. The Hall–Kier alpha value is -2.55. The number of hydrogen-bond donors (Lipinski definition) is 0. The van der Waals surface area contributed by atoms with E-state index in [2.05, 4.69) is 59.3 Å². The van der Waals surface area contributed by atoms with Crippen molar-refractivity contribution in [2.45, 2.75) is 45.1 Å². The molecule has 2 aromatic rings. The number of benzene rings is 1. The van der Waals surface area contributed by atoms with Crippen molar-refractivity contribution < 1.29 is 14.0 Å². The average Bonchev–Trinajstić information content (AvgIpc) is 2.77. The van der Waals surface area contributed by atoms with Gasteiger partial charge in [0.1, 0.15) is 0 Å². The summed E-state index contributed by atoms with van der Waals surface area (Å²) in [6, 6.07) is 12.4. The van der Waals surface area contributed by atoms with E-state index < -0.39 is 0 Å². The minimum absolute atomic E-state index is 0.500. The highest BCUT2D eigenvalue weighted by atomic mass is 16.5. The van der Waals surface area contributed by atoms with Gasteiger partial charge in [0.2, 0.25) is 5.69 Å². The topological polar surface area (TPSA) is 22.3 Å². The van der Waals surface area contributed by atoms with Crippen LogP contribution >= 0.6 is 0 Å². The molecule has 3 heteroatoms. The summed E-state index contributed by atoms with van der Waals surface area (Å²) < 4.78 is 13.1. The third-order valence-corrected chi connectivity index (χ3v) is 7.69. The fraction of sp³-hybridized carbons (Fsp3) is 0.464. The number of aromatic nitrogens is 1. The number of hydrogen-bond acceptors (Lipinski definition) is 2. The van der Waals surface area contributed by atoms with E-state index >= 15 is 0 Å². The zero-order valence-electron chi connectivity index (χ0n) is 18.8. The van der Waals surface area contributed by atoms with Crippen LogP contribution in [-0.2, 0) is 6.54 Å². The maximum Gasteiger partial charge on any atom is 0.205 e. The van der Waals surface area contributed by atoms with Crippen LogP contribution in [0.15, 0.2) is 54.7 Å². The van der Waals surface area contributed by atoms with Gasteiger partial charge in [-0.05, 0) is 97.6 Å². The van der Waals surface area contributed by atoms with Crippen LogP contribution in [0.4, 0.5) is 0 Å². The first-order chi connectivity index (χ1) is 15.2. The molecule has 4 aliphatic carbocycles. The highest BCUT2D eigenvalue weighted by Crippen LogP contribution is 2.60. The second kappa shape index (κ2) is 8.53. The van der Waals surface area contributed by atoms with Crippen LogP contribution < -0.4 is 14.0 Å². The largest absolute Gasteiger partial charge is 0.493 e. The zero-order valence-corrected chi connectivity index (χ0v) is 18.8. The van der Waals surface area contributed by atoms with E-state index in [9.17, 15) is 0 Å². The first kappa shape index (κ1) is 20.4. The molecule has 0 saturated heterocycles. The molecule has 0 atom stereocenters. The first-order valence-corrected chi connectivity index (χ1v) is 11.7. The van der Waals surface area contributed by atoms with Crippen molar-refractivity contribution >= 4 is 12.2 Å². The van der Waals surface area contributed by atoms with E-state index in [0.29, 0.717) is 5.41 Å². The van der Waals surface area contributed by atoms with Gasteiger partial charge in [0.15, 0.2) is 24.2 Å². The Morgan fingerprint density at radius 2 is 1.61 bits per heavy atom. The molecule has 4 saturated carbocycles. The van der Waals surface area contributed by atoms with Gasteiger partial charge in [-0.1, -0.05) is 12.1 Å². The van der Waals surface area contributed by atoms with Crippen molar-refractivity contribution in [3.63, 3.8) is 0 Å². The lowest BCUT2D eigenvalue weighted by molar-refractivity contribution is -0.688. The van der Waals surface area contributed by atoms with Crippen molar-refractivity contribution in [1.29, 1.82) is 0 Å². The molecule has 162 valence electrons. The fourth-order valence-electron chi connectivity index (χ4n) is 6.74. The molecule has 31 heavy (non-hydrogen) atoms. The summed E-state index contributed by atoms with van der Waals surface area (Å²) in [5.74, 6) is 4.51. The number of methoxy groups -OCH3 is 2. The highest BCUT2D eigenvalue weighted by molar-refractivity contribution is 5.68. The molecule has 0 aliphatic heterocycles. The minimum Gasteiger partial charge on any atom is -0.493 e. The van der Waals surface area contributed by atoms with Gasteiger partial charge < -0.3 is 9.47 Å². The fourth-order valence-corrected chi connectivity index (χ4v) is 6.74. The molecule has 0 amide bonds. The van der Waals surface area contributed by atoms with Gasteiger partial charge in [0.25, 0.3) is 0 Å². The van der Waals surface area contributed by atoms with Crippen molar-refractivity contribution in [2.24, 2.45) is 23.2 Å². The molecule has 6 rings (SSSR count). The number of pyridine rings is 1. The van der Waals surface area contributed by atoms with Gasteiger partial charge in [-0.25, -0.2) is 0 Å². The van der Waals surface area contributed by atoms with E-state index in [1.54, 1.807) is 14.2 Å². The van der Waals surface area contributed by atoms with Gasteiger partial charge in [-0.2, -0.15) is 4.57 Å². The SMILES string of the molecule is COc1ccc(/C=C/c2cccc[n+]2C/C=C/C23CC4CC(CC(C4)C2)C3)cc1OC. The Morgan fingerprint density at radius 3 is 2.29 bits per heavy atom. The predicted molar refractivity (Wildman–Crippen MR) is 125 cm³/mol. The standard InChI is InChI=1S/C28H34NO2/c1-30-26-10-8-21(17-27(26)31-2)7-9-25-6-3-4-12-29(25)13-5-11-28-18-22-14-23(19-28)16-24(15-22)20-28/h3-12,17,22-24H,13-16,18-20H2,1-2H3/q+1/b9-7+,11-5+. The average molecular weight is 417 g/mol. The van der Waals surface area contributed by atoms with Gasteiger partial charge in [-0.15, -0.1) is 0 Å². The van der Waals surface area contributed by atoms with Crippen LogP contribution in [0.25, 0.3) is 12.2 Å². The monoisotopic (exact) mass is 416 g/mol. The van der Waals surface area contributed by atoms with Crippen LogP contribution in [0.3, 0.4) is 0 Å². The van der Waals surface area contributed by atoms with Gasteiger partial charge in [0, 0.05) is 18.2 Å². The summed E-state index contributed by atoms with van der Waals surface area (Å²) in [5, 5.41) is 0. The smallest absolute Gasteiger partial charge is 0.205 e. The molecule has 0 spiro atoms. The van der Waals surface area contributed by atoms with E-state index in [1.807, 2.05) is 12.1 Å². The summed E-state index contributed by atoms with van der Waals surface area (Å²) in [6.07, 6.45) is 20.3. The van der Waals surface area contributed by atoms with Crippen LogP contribution in [-0.4, -0.2) is 14.2 Å². The second-order valence-corrected chi connectivity index (χ2v) is 9.91. The van der Waals surface area contributed by atoms with Crippen molar-refractivity contribution in [3.8, 4) is 11.5 Å². The molecule has 3 nitrogen and oxygen atoms in total. The van der Waals surface area contributed by atoms with Crippen LogP contribution in [0.1, 0.15) is 49.8 Å². The lowest BCUT2D eigenvalue weighted by Gasteiger charge is -2.55. The molecule has 0 N–H and O–H groups in total. The Morgan fingerprint density at radius 1 is 0.903 bits per heavy atom. The normalized spacial score (nSPS) is 29.2. The molecule has 1 aromatic heterocycles. The van der Waals surface area contributed by atoms with E-state index in [0.717, 1.165) is 41.4 Å². The van der Waals surface area contributed by atoms with Crippen molar-refractivity contribution in [2.75, 3.05) is 14.2 Å². The Labute approximate surface area is 186 Å². The van der Waals surface area contributed by atoms with Crippen LogP contribution in [0.5, 0.6) is 11.5 Å². The number of rotatable bonds is 7. The molecule has 0 unspecified atom stereocenters. The van der Waals surface area contributed by atoms with Crippen LogP contribution in [0.2, 0.25) is 0 Å². The minimum atomic E-state index is 0.500. The lowest BCUT2D eigenvalue weighted by atomic mass is 9.49. The summed E-state index contributed by atoms with van der Waals surface area (Å²) in [5.41, 5.74) is 2.80. The van der Waals surface area contributed by atoms with Gasteiger partial charge >= 0.3 is 0 Å². The molecular weight excluding hydrogens is 382 g/mol. The highest BCUT2D eigenvalue weighted by Gasteiger charge is 2.49. The number of ether oxygens (including phenoxy) is 2. The third-order valence-electron chi connectivity index (χ3n) is 7.69. The summed E-state index contributed by atoms with van der Waals surface area (Å²) in [4.78, 5) is 0. The molecule has 1 heterocycles. The van der Waals surface area contributed by atoms with Gasteiger partial charge in [0.05, 0.1) is 14.2 Å². The maximum atomic E-state index is 5.43. The molecule has 4 aliphatic rings. The van der Waals surface area contributed by atoms with E-state index in [4.69, 9.17) is 9.47 Å². The molecule has 4 bridgehead atoms. The summed E-state index contributed by atoms with van der Waals surface area (Å²) in [7, 11) is 3.34. The van der Waals surface area contributed by atoms with Crippen LogP contribution in [0, 0.1) is 23.2 Å². The lowest BCUT2D eigenvalue weighted by Crippen LogP contribution is -2.45. The molecular formula is C28H34NO2+. The summed E-state index contributed by atoms with van der Waals surface area (Å²) >= 11 is 0. The maximum absolute atomic E-state index is 5.43. The Balaban J connectivity index is 1.30. The molecule has 1 aromatic carbocycles. The predicted octanol–water partition coefficient (Wildman–Crippen LogP) is 5.93. The second-order valence-electron chi connectivity index (χ2n) is 9.91. The Kier molecular flexibility index (Phi) is 5.60. The Bertz CT molecular complexity index is 955. The number of allylic oxidation sites excluding steroid dienone is 2. The van der Waals surface area contributed by atoms with Crippen molar-refractivity contribution in [3.05, 3.63) is 66.0 Å². The molecule has 4 fully saturated rings. The summed E-state index contributed by atoms with van der Waals surface area (Å²) in [6.45, 7) is 0.925. The quantitative estimate of drug-likeness (QED) is 0.412. The third kappa shape index (κ3) is 4.28. The number of nitrogens with zero attached hydrogens (tertiary/aromatic N) is 1. The molecule has 0 radical (unpaired) electrons. The van der Waals surface area contributed by atoms with Gasteiger partial charge in [-0.3, -0.25) is 0 Å². The van der Waals surface area contributed by atoms with Crippen molar-refractivity contribution in [1.82, 2.24) is 0 Å². The van der Waals surface area contributed by atoms with E-state index in [-0.39, 0.29) is 0 Å².